The summed E-state index contributed by atoms with van der Waals surface area (Å²) in [4.78, 5) is 18.8. The monoisotopic (exact) mass is 362 g/mol. The number of aromatic nitrogens is 1. The summed E-state index contributed by atoms with van der Waals surface area (Å²) in [5.74, 6) is 1.19. The van der Waals surface area contributed by atoms with Gasteiger partial charge in [0.25, 0.3) is 5.91 Å². The molecule has 1 amide bonds. The van der Waals surface area contributed by atoms with Crippen LogP contribution in [0.5, 0.6) is 5.75 Å². The van der Waals surface area contributed by atoms with E-state index in [0.717, 1.165) is 22.8 Å². The summed E-state index contributed by atoms with van der Waals surface area (Å²) in [5, 5.41) is 6.08. The zero-order valence-electron chi connectivity index (χ0n) is 15.6. The second kappa shape index (κ2) is 8.23. The molecule has 2 N–H and O–H groups in total. The highest BCUT2D eigenvalue weighted by Crippen LogP contribution is 2.20. The van der Waals surface area contributed by atoms with Crippen molar-refractivity contribution in [3.8, 4) is 5.75 Å². The van der Waals surface area contributed by atoms with Crippen LogP contribution < -0.4 is 20.3 Å². The SMILES string of the molecule is COc1ccc(Nc2cc(C(=O)Nc3ccc(N(C)C)cc3)ccn2)cc1. The van der Waals surface area contributed by atoms with E-state index in [1.807, 2.05) is 67.5 Å². The van der Waals surface area contributed by atoms with Crippen LogP contribution in [0.1, 0.15) is 10.4 Å². The van der Waals surface area contributed by atoms with Crippen LogP contribution in [-0.4, -0.2) is 32.1 Å². The van der Waals surface area contributed by atoms with Gasteiger partial charge >= 0.3 is 0 Å². The van der Waals surface area contributed by atoms with Crippen molar-refractivity contribution in [3.63, 3.8) is 0 Å². The number of anilines is 4. The molecule has 3 aromatic rings. The van der Waals surface area contributed by atoms with Gasteiger partial charge in [0.05, 0.1) is 7.11 Å². The molecule has 0 bridgehead atoms. The number of amides is 1. The molecule has 0 atom stereocenters. The average molecular weight is 362 g/mol. The van der Waals surface area contributed by atoms with Gasteiger partial charge in [0.1, 0.15) is 11.6 Å². The molecular weight excluding hydrogens is 340 g/mol. The molecule has 6 heteroatoms. The molecule has 138 valence electrons. The number of ether oxygens (including phenoxy) is 1. The normalized spacial score (nSPS) is 10.2. The number of methoxy groups -OCH3 is 1. The van der Waals surface area contributed by atoms with Crippen molar-refractivity contribution in [2.24, 2.45) is 0 Å². The van der Waals surface area contributed by atoms with Gasteiger partial charge in [-0.25, -0.2) is 4.98 Å². The van der Waals surface area contributed by atoms with E-state index in [9.17, 15) is 4.79 Å². The van der Waals surface area contributed by atoms with E-state index in [-0.39, 0.29) is 5.91 Å². The maximum absolute atomic E-state index is 12.5. The minimum absolute atomic E-state index is 0.187. The van der Waals surface area contributed by atoms with E-state index < -0.39 is 0 Å². The van der Waals surface area contributed by atoms with E-state index >= 15 is 0 Å². The van der Waals surface area contributed by atoms with Gasteiger partial charge in [-0.3, -0.25) is 4.79 Å². The minimum atomic E-state index is -0.187. The van der Waals surface area contributed by atoms with Gasteiger partial charge in [-0.05, 0) is 60.7 Å². The highest BCUT2D eigenvalue weighted by Gasteiger charge is 2.08. The lowest BCUT2D eigenvalue weighted by Crippen LogP contribution is -2.13. The molecule has 1 heterocycles. The van der Waals surface area contributed by atoms with Crippen molar-refractivity contribution < 1.29 is 9.53 Å². The number of rotatable bonds is 6. The number of hydrogen-bond donors (Lipinski definition) is 2. The Balaban J connectivity index is 1.69. The molecule has 1 aromatic heterocycles. The van der Waals surface area contributed by atoms with Gasteiger partial charge in [0.2, 0.25) is 0 Å². The summed E-state index contributed by atoms with van der Waals surface area (Å²) in [5.41, 5.74) is 3.20. The van der Waals surface area contributed by atoms with Crippen LogP contribution in [0.15, 0.2) is 66.9 Å². The lowest BCUT2D eigenvalue weighted by Gasteiger charge is -2.13. The number of pyridine rings is 1. The number of nitrogens with one attached hydrogen (secondary N) is 2. The minimum Gasteiger partial charge on any atom is -0.497 e. The third kappa shape index (κ3) is 4.76. The lowest BCUT2D eigenvalue weighted by atomic mass is 10.2. The number of carbonyl (C=O) groups is 1. The molecular formula is C21H22N4O2. The fourth-order valence-electron chi connectivity index (χ4n) is 2.51. The summed E-state index contributed by atoms with van der Waals surface area (Å²) < 4.78 is 5.15. The third-order valence-electron chi connectivity index (χ3n) is 4.03. The molecule has 3 rings (SSSR count). The molecule has 0 aliphatic carbocycles. The van der Waals surface area contributed by atoms with Gasteiger partial charge in [-0.1, -0.05) is 0 Å². The molecule has 0 unspecified atom stereocenters. The number of nitrogens with zero attached hydrogens (tertiary/aromatic N) is 2. The smallest absolute Gasteiger partial charge is 0.255 e. The zero-order valence-corrected chi connectivity index (χ0v) is 15.6. The Morgan fingerprint density at radius 3 is 2.26 bits per heavy atom. The summed E-state index contributed by atoms with van der Waals surface area (Å²) in [6.07, 6.45) is 1.61. The first-order valence-electron chi connectivity index (χ1n) is 8.51. The molecule has 6 nitrogen and oxygen atoms in total. The molecule has 0 aliphatic heterocycles. The second-order valence-corrected chi connectivity index (χ2v) is 6.18. The number of benzene rings is 2. The Morgan fingerprint density at radius 2 is 1.63 bits per heavy atom. The van der Waals surface area contributed by atoms with Gasteiger partial charge in [0, 0.05) is 42.9 Å². The summed E-state index contributed by atoms with van der Waals surface area (Å²) in [6.45, 7) is 0. The first-order valence-corrected chi connectivity index (χ1v) is 8.51. The van der Waals surface area contributed by atoms with Crippen LogP contribution in [0.2, 0.25) is 0 Å². The molecule has 27 heavy (non-hydrogen) atoms. The van der Waals surface area contributed by atoms with E-state index in [4.69, 9.17) is 4.74 Å². The fraction of sp³-hybridized carbons (Fsp3) is 0.143. The largest absolute Gasteiger partial charge is 0.497 e. The van der Waals surface area contributed by atoms with Gasteiger partial charge in [0.15, 0.2) is 0 Å². The maximum atomic E-state index is 12.5. The highest BCUT2D eigenvalue weighted by atomic mass is 16.5. The van der Waals surface area contributed by atoms with E-state index in [2.05, 4.69) is 15.6 Å². The molecule has 0 radical (unpaired) electrons. The Bertz CT molecular complexity index is 906. The van der Waals surface area contributed by atoms with Crippen molar-refractivity contribution in [2.75, 3.05) is 36.7 Å². The first-order chi connectivity index (χ1) is 13.0. The summed E-state index contributed by atoms with van der Waals surface area (Å²) >= 11 is 0. The first kappa shape index (κ1) is 18.3. The lowest BCUT2D eigenvalue weighted by molar-refractivity contribution is 0.102. The third-order valence-corrected chi connectivity index (χ3v) is 4.03. The molecule has 0 saturated carbocycles. The van der Waals surface area contributed by atoms with E-state index in [1.54, 1.807) is 25.4 Å². The van der Waals surface area contributed by atoms with Crippen molar-refractivity contribution in [2.45, 2.75) is 0 Å². The van der Waals surface area contributed by atoms with Crippen LogP contribution in [0, 0.1) is 0 Å². The maximum Gasteiger partial charge on any atom is 0.255 e. The van der Waals surface area contributed by atoms with Crippen LogP contribution in [0.3, 0.4) is 0 Å². The summed E-state index contributed by atoms with van der Waals surface area (Å²) in [7, 11) is 5.57. The Kier molecular flexibility index (Phi) is 5.56. The molecule has 0 spiro atoms. The van der Waals surface area contributed by atoms with Gasteiger partial charge in [-0.15, -0.1) is 0 Å². The molecule has 0 aliphatic rings. The predicted octanol–water partition coefficient (Wildman–Crippen LogP) is 4.15. The quantitative estimate of drug-likeness (QED) is 0.689. The second-order valence-electron chi connectivity index (χ2n) is 6.18. The van der Waals surface area contributed by atoms with Crippen LogP contribution >= 0.6 is 0 Å². The van der Waals surface area contributed by atoms with Crippen LogP contribution in [0.4, 0.5) is 22.9 Å². The fourth-order valence-corrected chi connectivity index (χ4v) is 2.51. The van der Waals surface area contributed by atoms with Crippen LogP contribution in [0.25, 0.3) is 0 Å². The van der Waals surface area contributed by atoms with Crippen molar-refractivity contribution in [3.05, 3.63) is 72.4 Å². The molecule has 2 aromatic carbocycles. The Morgan fingerprint density at radius 1 is 0.963 bits per heavy atom. The number of carbonyl (C=O) groups excluding carboxylic acids is 1. The Hall–Kier alpha value is -3.54. The molecule has 0 saturated heterocycles. The molecule has 0 fully saturated rings. The van der Waals surface area contributed by atoms with Crippen LogP contribution in [-0.2, 0) is 0 Å². The topological polar surface area (TPSA) is 66.5 Å². The van der Waals surface area contributed by atoms with E-state index in [1.165, 1.54) is 0 Å². The van der Waals surface area contributed by atoms with Crippen molar-refractivity contribution in [1.29, 1.82) is 0 Å². The predicted molar refractivity (Wildman–Crippen MR) is 109 cm³/mol. The average Bonchev–Trinajstić information content (AvgIpc) is 2.69. The number of hydrogen-bond acceptors (Lipinski definition) is 5. The van der Waals surface area contributed by atoms with Gasteiger partial charge in [-0.2, -0.15) is 0 Å². The zero-order chi connectivity index (χ0) is 19.2. The Labute approximate surface area is 158 Å². The highest BCUT2D eigenvalue weighted by molar-refractivity contribution is 6.04. The van der Waals surface area contributed by atoms with Crippen molar-refractivity contribution >= 4 is 28.8 Å². The standard InChI is InChI=1S/C21H22N4O2/c1-25(2)18-8-4-17(5-9-18)24-21(26)15-12-13-22-20(14-15)23-16-6-10-19(27-3)11-7-16/h4-14H,1-3H3,(H,22,23)(H,24,26). The summed E-state index contributed by atoms with van der Waals surface area (Å²) in [6, 6.07) is 18.6. The van der Waals surface area contributed by atoms with E-state index in [0.29, 0.717) is 11.4 Å². The van der Waals surface area contributed by atoms with Gasteiger partial charge < -0.3 is 20.3 Å². The van der Waals surface area contributed by atoms with Crippen molar-refractivity contribution in [1.82, 2.24) is 4.98 Å².